The zero-order valence-electron chi connectivity index (χ0n) is 18.8. The van der Waals surface area contributed by atoms with Crippen molar-refractivity contribution in [3.63, 3.8) is 0 Å². The van der Waals surface area contributed by atoms with Crippen molar-refractivity contribution in [3.8, 4) is 11.3 Å². The van der Waals surface area contributed by atoms with Crippen LogP contribution in [0.5, 0.6) is 0 Å². The van der Waals surface area contributed by atoms with Gasteiger partial charge < -0.3 is 16.4 Å². The number of carbonyl (C=O) groups excluding carboxylic acids is 1. The minimum atomic E-state index is -2.71. The Bertz CT molecular complexity index is 1520. The summed E-state index contributed by atoms with van der Waals surface area (Å²) < 4.78 is 25.9. The van der Waals surface area contributed by atoms with E-state index >= 15 is 0 Å². The molecule has 4 aromatic rings. The summed E-state index contributed by atoms with van der Waals surface area (Å²) in [6.45, 7) is 2.79. The van der Waals surface area contributed by atoms with E-state index in [1.807, 2.05) is 25.1 Å². The standard InChI is InChI=1S/C22H23N9O3S/c1-12-14(8-27-35(33)34)7-24-9-16(12)18-4-13-5-19(26-10-17(13)22(23)28-18)29-20-6-15-2-3-25-21(32)11-31(15)30-20/h4-7,9-10,35H,2-3,8,11H2,1H3,(H2,23,28)(H,25,32)(H,26,29,30)(H,27,33,34). The maximum Gasteiger partial charge on any atom is 0.241 e. The van der Waals surface area contributed by atoms with E-state index in [0.29, 0.717) is 41.5 Å². The first-order valence-electron chi connectivity index (χ1n) is 10.9. The molecule has 13 heteroatoms. The quantitative estimate of drug-likeness (QED) is 0.244. The van der Waals surface area contributed by atoms with Gasteiger partial charge in [-0.15, -0.1) is 0 Å². The van der Waals surface area contributed by atoms with E-state index in [9.17, 15) is 13.2 Å². The average molecular weight is 494 g/mol. The van der Waals surface area contributed by atoms with Crippen LogP contribution in [0, 0.1) is 6.92 Å². The number of pyridine rings is 3. The zero-order valence-corrected chi connectivity index (χ0v) is 19.7. The van der Waals surface area contributed by atoms with Crippen LogP contribution in [0.15, 0.2) is 36.8 Å². The molecule has 1 aliphatic rings. The molecule has 0 saturated heterocycles. The van der Waals surface area contributed by atoms with Gasteiger partial charge in [0, 0.05) is 60.8 Å². The second kappa shape index (κ2) is 9.27. The average Bonchev–Trinajstić information content (AvgIpc) is 3.09. The maximum atomic E-state index is 11.8. The van der Waals surface area contributed by atoms with E-state index in [1.165, 1.54) is 0 Å². The van der Waals surface area contributed by atoms with E-state index in [4.69, 9.17) is 5.73 Å². The van der Waals surface area contributed by atoms with Gasteiger partial charge in [0.05, 0.1) is 5.69 Å². The Labute approximate surface area is 202 Å². The molecule has 180 valence electrons. The molecule has 5 N–H and O–H groups in total. The van der Waals surface area contributed by atoms with E-state index in [-0.39, 0.29) is 19.0 Å². The van der Waals surface area contributed by atoms with E-state index < -0.39 is 10.9 Å². The van der Waals surface area contributed by atoms with Crippen molar-refractivity contribution in [1.82, 2.24) is 34.8 Å². The molecule has 0 atom stereocenters. The predicted octanol–water partition coefficient (Wildman–Crippen LogP) is 0.811. The summed E-state index contributed by atoms with van der Waals surface area (Å²) in [4.78, 5) is 25.0. The third-order valence-electron chi connectivity index (χ3n) is 5.86. The molecule has 0 fully saturated rings. The number of rotatable bonds is 6. The largest absolute Gasteiger partial charge is 0.383 e. The fourth-order valence-corrected chi connectivity index (χ4v) is 4.34. The number of anilines is 3. The number of hydrogen-bond acceptors (Lipinski definition) is 9. The molecule has 5 rings (SSSR count). The number of fused-ring (bicyclic) bond motifs is 2. The Kier molecular flexibility index (Phi) is 6.01. The van der Waals surface area contributed by atoms with Crippen molar-refractivity contribution in [2.24, 2.45) is 0 Å². The predicted molar refractivity (Wildman–Crippen MR) is 131 cm³/mol. The first kappa shape index (κ1) is 22.7. The lowest BCUT2D eigenvalue weighted by Crippen LogP contribution is -2.25. The molecule has 0 aliphatic carbocycles. The molecule has 0 radical (unpaired) electrons. The fraction of sp³-hybridized carbons (Fsp3) is 0.227. The summed E-state index contributed by atoms with van der Waals surface area (Å²) in [5.41, 5.74) is 10.2. The summed E-state index contributed by atoms with van der Waals surface area (Å²) in [7, 11) is -2.71. The minimum Gasteiger partial charge on any atom is -0.383 e. The van der Waals surface area contributed by atoms with Gasteiger partial charge in [-0.05, 0) is 35.6 Å². The molecule has 0 spiro atoms. The highest BCUT2D eigenvalue weighted by atomic mass is 32.2. The fourth-order valence-electron chi connectivity index (χ4n) is 4.04. The summed E-state index contributed by atoms with van der Waals surface area (Å²) in [6, 6.07) is 5.65. The van der Waals surface area contributed by atoms with Crippen molar-refractivity contribution in [3.05, 3.63) is 53.6 Å². The molecule has 4 aromatic heterocycles. The van der Waals surface area contributed by atoms with Crippen LogP contribution in [0.4, 0.5) is 17.5 Å². The van der Waals surface area contributed by atoms with Crippen LogP contribution in [0.1, 0.15) is 16.8 Å². The number of carbonyl (C=O) groups is 1. The number of nitrogens with zero attached hydrogens (tertiary/aromatic N) is 5. The third-order valence-corrected chi connectivity index (χ3v) is 6.27. The van der Waals surface area contributed by atoms with Gasteiger partial charge >= 0.3 is 0 Å². The van der Waals surface area contributed by atoms with Crippen LogP contribution >= 0.6 is 0 Å². The number of aromatic nitrogens is 5. The molecule has 0 saturated carbocycles. The Morgan fingerprint density at radius 3 is 2.86 bits per heavy atom. The van der Waals surface area contributed by atoms with Gasteiger partial charge in [-0.25, -0.2) is 23.1 Å². The minimum absolute atomic E-state index is 0.0655. The number of nitrogens with two attached hydrogens (primary N) is 1. The lowest BCUT2D eigenvalue weighted by molar-refractivity contribution is -0.121. The molecular weight excluding hydrogens is 470 g/mol. The van der Waals surface area contributed by atoms with Crippen molar-refractivity contribution in [2.75, 3.05) is 17.6 Å². The summed E-state index contributed by atoms with van der Waals surface area (Å²) >= 11 is 0. The summed E-state index contributed by atoms with van der Waals surface area (Å²) in [6.07, 6.45) is 5.65. The molecule has 5 heterocycles. The first-order chi connectivity index (χ1) is 16.9. The summed E-state index contributed by atoms with van der Waals surface area (Å²) in [5.74, 6) is 1.42. The van der Waals surface area contributed by atoms with Crippen molar-refractivity contribution in [1.29, 1.82) is 0 Å². The zero-order chi connectivity index (χ0) is 24.5. The first-order valence-corrected chi connectivity index (χ1v) is 12.0. The number of nitrogen functional groups attached to an aromatic ring is 1. The van der Waals surface area contributed by atoms with Gasteiger partial charge in [0.15, 0.2) is 5.82 Å². The Morgan fingerprint density at radius 2 is 2.03 bits per heavy atom. The number of thiol groups is 1. The van der Waals surface area contributed by atoms with Crippen LogP contribution in [-0.2, 0) is 35.2 Å². The van der Waals surface area contributed by atoms with Gasteiger partial charge in [0.25, 0.3) is 0 Å². The molecule has 0 bridgehead atoms. The summed E-state index contributed by atoms with van der Waals surface area (Å²) in [5, 5.41) is 12.0. The normalized spacial score (nSPS) is 13.5. The van der Waals surface area contributed by atoms with Gasteiger partial charge in [0.1, 0.15) is 18.2 Å². The van der Waals surface area contributed by atoms with Crippen molar-refractivity contribution >= 4 is 45.0 Å². The molecule has 12 nitrogen and oxygen atoms in total. The van der Waals surface area contributed by atoms with Crippen LogP contribution in [0.25, 0.3) is 22.0 Å². The molecule has 0 aromatic carbocycles. The topological polar surface area (TPSA) is 170 Å². The highest BCUT2D eigenvalue weighted by Gasteiger charge is 2.16. The molecule has 35 heavy (non-hydrogen) atoms. The van der Waals surface area contributed by atoms with Crippen molar-refractivity contribution in [2.45, 2.75) is 26.4 Å². The molecular formula is C22H23N9O3S. The Balaban J connectivity index is 1.47. The highest BCUT2D eigenvalue weighted by molar-refractivity contribution is 7.70. The number of hydrogen-bond donors (Lipinski definition) is 5. The second-order valence-electron chi connectivity index (χ2n) is 8.15. The van der Waals surface area contributed by atoms with Crippen LogP contribution < -0.4 is 21.1 Å². The smallest absolute Gasteiger partial charge is 0.241 e. The third kappa shape index (κ3) is 4.76. The highest BCUT2D eigenvalue weighted by Crippen LogP contribution is 2.30. The van der Waals surface area contributed by atoms with E-state index in [0.717, 1.165) is 27.8 Å². The molecule has 1 amide bonds. The number of nitrogens with one attached hydrogen (secondary N) is 3. The van der Waals surface area contributed by atoms with Gasteiger partial charge in [-0.3, -0.25) is 14.5 Å². The maximum absolute atomic E-state index is 11.8. The Hall–Kier alpha value is -4.10. The lowest BCUT2D eigenvalue weighted by atomic mass is 10.0. The van der Waals surface area contributed by atoms with Crippen LogP contribution in [0.3, 0.4) is 0 Å². The lowest BCUT2D eigenvalue weighted by Gasteiger charge is -2.12. The van der Waals surface area contributed by atoms with Gasteiger partial charge in [0.2, 0.25) is 16.8 Å². The van der Waals surface area contributed by atoms with E-state index in [2.05, 4.69) is 35.4 Å². The van der Waals surface area contributed by atoms with Crippen molar-refractivity contribution < 1.29 is 13.2 Å². The molecule has 1 aliphatic heterocycles. The number of amides is 1. The van der Waals surface area contributed by atoms with Gasteiger partial charge in [-0.1, -0.05) is 0 Å². The monoisotopic (exact) mass is 493 g/mol. The van der Waals surface area contributed by atoms with Crippen LogP contribution in [-0.4, -0.2) is 45.6 Å². The SMILES string of the molecule is Cc1c(CN[SH](=O)=O)cncc1-c1cc2cc(Nc3cc4n(n3)CC(=O)NCC4)ncc2c(N)n1. The second-order valence-corrected chi connectivity index (χ2v) is 8.98. The van der Waals surface area contributed by atoms with E-state index in [1.54, 1.807) is 23.3 Å². The Morgan fingerprint density at radius 1 is 1.17 bits per heavy atom. The molecule has 0 unspecified atom stereocenters. The van der Waals surface area contributed by atoms with Gasteiger partial charge in [-0.2, -0.15) is 5.10 Å². The van der Waals surface area contributed by atoms with Crippen LogP contribution in [0.2, 0.25) is 0 Å².